The highest BCUT2D eigenvalue weighted by atomic mass is 35.5. The van der Waals surface area contributed by atoms with Crippen LogP contribution in [0.15, 0.2) is 18.2 Å². The van der Waals surface area contributed by atoms with Gasteiger partial charge in [0.2, 0.25) is 5.91 Å². The number of aliphatic hydroxyl groups is 1. The van der Waals surface area contributed by atoms with Gasteiger partial charge in [-0.1, -0.05) is 11.6 Å². The number of nitrogens with two attached hydrogens (primary N) is 1. The molecule has 1 amide bonds. The summed E-state index contributed by atoms with van der Waals surface area (Å²) in [5, 5.41) is 12.4. The number of halogens is 1. The highest BCUT2D eigenvalue weighted by Crippen LogP contribution is 2.24. The van der Waals surface area contributed by atoms with Crippen LogP contribution < -0.4 is 11.1 Å². The number of nitrogens with one attached hydrogen (secondary N) is 1. The molecular formula is C15H24ClN3O2. The molecule has 1 unspecified atom stereocenters. The summed E-state index contributed by atoms with van der Waals surface area (Å²) in [6.45, 7) is 3.41. The van der Waals surface area contributed by atoms with Gasteiger partial charge in [-0.05, 0) is 51.6 Å². The van der Waals surface area contributed by atoms with E-state index in [2.05, 4.69) is 10.2 Å². The Bertz CT molecular complexity index is 466. The molecule has 0 spiro atoms. The molecule has 1 rings (SSSR count). The highest BCUT2D eigenvalue weighted by Gasteiger charge is 2.07. The lowest BCUT2D eigenvalue weighted by Crippen LogP contribution is -2.24. The Kier molecular flexibility index (Phi) is 7.50. The Morgan fingerprint density at radius 1 is 1.48 bits per heavy atom. The van der Waals surface area contributed by atoms with Crippen molar-refractivity contribution in [1.82, 2.24) is 4.90 Å². The maximum Gasteiger partial charge on any atom is 0.224 e. The molecule has 0 saturated carbocycles. The number of hydrogen-bond acceptors (Lipinski definition) is 4. The van der Waals surface area contributed by atoms with Gasteiger partial charge in [-0.2, -0.15) is 0 Å². The standard InChI is InChI=1S/C15H24ClN3O2/c1-11(20)7-9-19(2)8-3-4-15(21)18-14-6-5-12(17)10-13(14)16/h5-6,10-11,20H,3-4,7-9,17H2,1-2H3,(H,18,21). The first kappa shape index (κ1) is 17.8. The summed E-state index contributed by atoms with van der Waals surface area (Å²) in [6, 6.07) is 5.01. The van der Waals surface area contributed by atoms with Crippen LogP contribution >= 0.6 is 11.6 Å². The van der Waals surface area contributed by atoms with E-state index in [9.17, 15) is 9.90 Å². The normalized spacial score (nSPS) is 12.4. The molecule has 0 aliphatic rings. The van der Waals surface area contributed by atoms with Crippen molar-refractivity contribution in [1.29, 1.82) is 0 Å². The van der Waals surface area contributed by atoms with E-state index < -0.39 is 0 Å². The molecule has 0 saturated heterocycles. The lowest BCUT2D eigenvalue weighted by molar-refractivity contribution is -0.116. The van der Waals surface area contributed by atoms with Crippen LogP contribution in [0.25, 0.3) is 0 Å². The van der Waals surface area contributed by atoms with Crippen LogP contribution in [0, 0.1) is 0 Å². The number of anilines is 2. The molecule has 4 N–H and O–H groups in total. The summed E-state index contributed by atoms with van der Waals surface area (Å²) in [7, 11) is 1.98. The van der Waals surface area contributed by atoms with E-state index in [4.69, 9.17) is 17.3 Å². The molecule has 6 heteroatoms. The van der Waals surface area contributed by atoms with E-state index >= 15 is 0 Å². The SMILES string of the molecule is CC(O)CCN(C)CCCC(=O)Nc1ccc(N)cc1Cl. The Hall–Kier alpha value is -1.30. The molecule has 0 aromatic heterocycles. The van der Waals surface area contributed by atoms with Crippen molar-refractivity contribution < 1.29 is 9.90 Å². The molecule has 1 atom stereocenters. The number of aliphatic hydroxyl groups excluding tert-OH is 1. The second-order valence-corrected chi connectivity index (χ2v) is 5.74. The Morgan fingerprint density at radius 2 is 2.19 bits per heavy atom. The first-order chi connectivity index (χ1) is 9.88. The van der Waals surface area contributed by atoms with E-state index in [1.807, 2.05) is 7.05 Å². The van der Waals surface area contributed by atoms with Crippen molar-refractivity contribution in [3.05, 3.63) is 23.2 Å². The molecule has 0 aliphatic heterocycles. The summed E-state index contributed by atoms with van der Waals surface area (Å²) in [5.74, 6) is -0.0643. The van der Waals surface area contributed by atoms with E-state index in [0.717, 1.165) is 25.9 Å². The van der Waals surface area contributed by atoms with E-state index in [0.29, 0.717) is 22.8 Å². The lowest BCUT2D eigenvalue weighted by atomic mass is 10.2. The van der Waals surface area contributed by atoms with Gasteiger partial charge in [0.25, 0.3) is 0 Å². The maximum absolute atomic E-state index is 11.8. The van der Waals surface area contributed by atoms with Gasteiger partial charge in [0.05, 0.1) is 16.8 Å². The van der Waals surface area contributed by atoms with Crippen molar-refractivity contribution in [3.63, 3.8) is 0 Å². The minimum Gasteiger partial charge on any atom is -0.399 e. The second-order valence-electron chi connectivity index (χ2n) is 5.33. The molecule has 1 aromatic carbocycles. The second kappa shape index (κ2) is 8.87. The van der Waals surface area contributed by atoms with Gasteiger partial charge in [-0.3, -0.25) is 4.79 Å². The predicted molar refractivity (Wildman–Crippen MR) is 87.5 cm³/mol. The topological polar surface area (TPSA) is 78.6 Å². The van der Waals surface area contributed by atoms with Gasteiger partial charge in [-0.25, -0.2) is 0 Å². The first-order valence-electron chi connectivity index (χ1n) is 7.10. The third-order valence-electron chi connectivity index (χ3n) is 3.14. The molecular weight excluding hydrogens is 290 g/mol. The zero-order valence-electron chi connectivity index (χ0n) is 12.6. The smallest absolute Gasteiger partial charge is 0.224 e. The first-order valence-corrected chi connectivity index (χ1v) is 7.47. The number of carbonyl (C=O) groups is 1. The van der Waals surface area contributed by atoms with E-state index in [1.165, 1.54) is 0 Å². The van der Waals surface area contributed by atoms with Crippen LogP contribution in [-0.4, -0.2) is 42.2 Å². The van der Waals surface area contributed by atoms with Crippen LogP contribution in [0.4, 0.5) is 11.4 Å². The largest absolute Gasteiger partial charge is 0.399 e. The summed E-state index contributed by atoms with van der Waals surface area (Å²) >= 11 is 6.00. The minimum atomic E-state index is -0.289. The fourth-order valence-electron chi connectivity index (χ4n) is 1.87. The molecule has 0 heterocycles. The number of rotatable bonds is 8. The van der Waals surface area contributed by atoms with Crippen molar-refractivity contribution in [2.24, 2.45) is 0 Å². The number of carbonyl (C=O) groups excluding carboxylic acids is 1. The quantitative estimate of drug-likeness (QED) is 0.644. The molecule has 0 aliphatic carbocycles. The van der Waals surface area contributed by atoms with Crippen molar-refractivity contribution >= 4 is 28.9 Å². The third-order valence-corrected chi connectivity index (χ3v) is 3.45. The molecule has 5 nitrogen and oxygen atoms in total. The Labute approximate surface area is 131 Å². The number of nitrogens with zero attached hydrogens (tertiary/aromatic N) is 1. The number of nitrogen functional groups attached to an aromatic ring is 1. The highest BCUT2D eigenvalue weighted by molar-refractivity contribution is 6.34. The summed E-state index contributed by atoms with van der Waals surface area (Å²) in [5.41, 5.74) is 6.75. The number of benzene rings is 1. The van der Waals surface area contributed by atoms with Crippen LogP contribution in [0.5, 0.6) is 0 Å². The fraction of sp³-hybridized carbons (Fsp3) is 0.533. The van der Waals surface area contributed by atoms with Gasteiger partial charge < -0.3 is 21.1 Å². The minimum absolute atomic E-state index is 0.0643. The summed E-state index contributed by atoms with van der Waals surface area (Å²) in [6.07, 6.45) is 1.64. The Balaban J connectivity index is 2.28. The molecule has 0 bridgehead atoms. The van der Waals surface area contributed by atoms with Gasteiger partial charge in [0, 0.05) is 18.7 Å². The lowest BCUT2D eigenvalue weighted by Gasteiger charge is -2.17. The van der Waals surface area contributed by atoms with Crippen molar-refractivity contribution in [2.75, 3.05) is 31.2 Å². The van der Waals surface area contributed by atoms with Crippen LogP contribution in [0.2, 0.25) is 5.02 Å². The summed E-state index contributed by atoms with van der Waals surface area (Å²) < 4.78 is 0. The monoisotopic (exact) mass is 313 g/mol. The molecule has 21 heavy (non-hydrogen) atoms. The molecule has 0 fully saturated rings. The molecule has 0 radical (unpaired) electrons. The average Bonchev–Trinajstić information content (AvgIpc) is 2.39. The average molecular weight is 314 g/mol. The van der Waals surface area contributed by atoms with E-state index in [1.54, 1.807) is 25.1 Å². The van der Waals surface area contributed by atoms with Crippen LogP contribution in [0.3, 0.4) is 0 Å². The maximum atomic E-state index is 11.8. The van der Waals surface area contributed by atoms with Gasteiger partial charge >= 0.3 is 0 Å². The van der Waals surface area contributed by atoms with Gasteiger partial charge in [0.15, 0.2) is 0 Å². The zero-order chi connectivity index (χ0) is 15.8. The van der Waals surface area contributed by atoms with Crippen LogP contribution in [0.1, 0.15) is 26.2 Å². The van der Waals surface area contributed by atoms with Crippen LogP contribution in [-0.2, 0) is 4.79 Å². The van der Waals surface area contributed by atoms with Gasteiger partial charge in [-0.15, -0.1) is 0 Å². The van der Waals surface area contributed by atoms with Crippen molar-refractivity contribution in [3.8, 4) is 0 Å². The predicted octanol–water partition coefficient (Wildman–Crippen LogP) is 2.34. The number of amides is 1. The molecule has 1 aromatic rings. The summed E-state index contributed by atoms with van der Waals surface area (Å²) in [4.78, 5) is 13.9. The number of hydrogen-bond donors (Lipinski definition) is 3. The van der Waals surface area contributed by atoms with E-state index in [-0.39, 0.29) is 12.0 Å². The fourth-order valence-corrected chi connectivity index (χ4v) is 2.11. The van der Waals surface area contributed by atoms with Gasteiger partial charge in [0.1, 0.15) is 0 Å². The molecule has 118 valence electrons. The van der Waals surface area contributed by atoms with Crippen molar-refractivity contribution in [2.45, 2.75) is 32.3 Å². The zero-order valence-corrected chi connectivity index (χ0v) is 13.4. The third kappa shape index (κ3) is 7.32. The Morgan fingerprint density at radius 3 is 2.81 bits per heavy atom.